The van der Waals surface area contributed by atoms with Gasteiger partial charge in [0.2, 0.25) is 5.76 Å². The van der Waals surface area contributed by atoms with Crippen LogP contribution in [0.2, 0.25) is 0 Å². The third-order valence-corrected chi connectivity index (χ3v) is 5.35. The molecule has 1 aliphatic heterocycles. The number of carbonyl (C=O) groups excluding carboxylic acids is 1. The van der Waals surface area contributed by atoms with Crippen LogP contribution in [-0.2, 0) is 0 Å². The van der Waals surface area contributed by atoms with Crippen molar-refractivity contribution in [3.63, 3.8) is 0 Å². The Morgan fingerprint density at radius 1 is 1.11 bits per heavy atom. The van der Waals surface area contributed by atoms with Crippen LogP contribution in [0, 0.1) is 19.7 Å². The molecule has 1 amide bonds. The molecule has 1 unspecified atom stereocenters. The highest BCUT2D eigenvalue weighted by Gasteiger charge is 2.42. The predicted octanol–water partition coefficient (Wildman–Crippen LogP) is 4.89. The number of carbonyl (C=O) groups is 1. The van der Waals surface area contributed by atoms with E-state index in [0.717, 1.165) is 24.0 Å². The van der Waals surface area contributed by atoms with Gasteiger partial charge in [-0.1, -0.05) is 31.5 Å². The van der Waals surface area contributed by atoms with Gasteiger partial charge in [-0.3, -0.25) is 9.59 Å². The van der Waals surface area contributed by atoms with E-state index in [4.69, 9.17) is 4.42 Å². The zero-order valence-corrected chi connectivity index (χ0v) is 16.2. The molecular formula is C23H22FNO3. The van der Waals surface area contributed by atoms with Crippen LogP contribution in [-0.4, -0.2) is 17.4 Å². The van der Waals surface area contributed by atoms with Crippen molar-refractivity contribution in [1.29, 1.82) is 0 Å². The molecule has 0 saturated carbocycles. The summed E-state index contributed by atoms with van der Waals surface area (Å²) in [5.74, 6) is -0.533. The summed E-state index contributed by atoms with van der Waals surface area (Å²) in [6, 6.07) is 9.14. The fourth-order valence-electron chi connectivity index (χ4n) is 4.06. The minimum Gasteiger partial charge on any atom is -0.450 e. The number of benzene rings is 2. The van der Waals surface area contributed by atoms with Gasteiger partial charge in [0.15, 0.2) is 5.43 Å². The molecule has 0 fully saturated rings. The van der Waals surface area contributed by atoms with Gasteiger partial charge in [-0.2, -0.15) is 0 Å². The van der Waals surface area contributed by atoms with Gasteiger partial charge in [-0.15, -0.1) is 0 Å². The first-order valence-electron chi connectivity index (χ1n) is 9.56. The highest BCUT2D eigenvalue weighted by molar-refractivity contribution is 5.99. The Morgan fingerprint density at radius 3 is 2.50 bits per heavy atom. The number of amides is 1. The van der Waals surface area contributed by atoms with Gasteiger partial charge in [0.25, 0.3) is 5.91 Å². The van der Waals surface area contributed by atoms with Crippen molar-refractivity contribution in [2.45, 2.75) is 39.7 Å². The Bertz CT molecular complexity index is 1130. The summed E-state index contributed by atoms with van der Waals surface area (Å²) in [5.41, 5.74) is 3.11. The first-order chi connectivity index (χ1) is 13.4. The smallest absolute Gasteiger partial charge is 0.290 e. The molecule has 4 rings (SSSR count). The van der Waals surface area contributed by atoms with E-state index in [1.54, 1.807) is 23.1 Å². The molecule has 2 heterocycles. The average molecular weight is 379 g/mol. The van der Waals surface area contributed by atoms with Gasteiger partial charge in [-0.25, -0.2) is 4.39 Å². The molecule has 0 bridgehead atoms. The molecular weight excluding hydrogens is 357 g/mol. The third kappa shape index (κ3) is 2.82. The van der Waals surface area contributed by atoms with Crippen LogP contribution in [0.3, 0.4) is 0 Å². The second kappa shape index (κ2) is 6.89. The van der Waals surface area contributed by atoms with Crippen molar-refractivity contribution in [3.8, 4) is 0 Å². The predicted molar refractivity (Wildman–Crippen MR) is 106 cm³/mol. The molecule has 1 aliphatic rings. The molecule has 1 aromatic heterocycles. The lowest BCUT2D eigenvalue weighted by atomic mass is 9.97. The Labute approximate surface area is 162 Å². The fraction of sp³-hybridized carbons (Fsp3) is 0.304. The van der Waals surface area contributed by atoms with Crippen LogP contribution < -0.4 is 5.43 Å². The summed E-state index contributed by atoms with van der Waals surface area (Å²) in [7, 11) is 0. The average Bonchev–Trinajstić information content (AvgIpc) is 2.92. The number of aryl methyl sites for hydroxylation is 2. The number of fused-ring (bicyclic) bond motifs is 2. The van der Waals surface area contributed by atoms with E-state index in [2.05, 4.69) is 0 Å². The summed E-state index contributed by atoms with van der Waals surface area (Å²) in [6.07, 6.45) is 1.72. The highest BCUT2D eigenvalue weighted by Crippen LogP contribution is 2.38. The van der Waals surface area contributed by atoms with Crippen LogP contribution >= 0.6 is 0 Å². The zero-order valence-electron chi connectivity index (χ0n) is 16.2. The number of rotatable bonds is 4. The van der Waals surface area contributed by atoms with E-state index in [0.29, 0.717) is 28.6 Å². The first kappa shape index (κ1) is 18.4. The molecule has 0 N–H and O–H groups in total. The van der Waals surface area contributed by atoms with Crippen molar-refractivity contribution in [1.82, 2.24) is 4.90 Å². The Morgan fingerprint density at radius 2 is 1.82 bits per heavy atom. The lowest BCUT2D eigenvalue weighted by Gasteiger charge is -2.25. The monoisotopic (exact) mass is 379 g/mol. The second-order valence-corrected chi connectivity index (χ2v) is 7.44. The quantitative estimate of drug-likeness (QED) is 0.648. The molecule has 144 valence electrons. The highest BCUT2D eigenvalue weighted by atomic mass is 19.1. The molecule has 0 saturated heterocycles. The van der Waals surface area contributed by atoms with Crippen molar-refractivity contribution < 1.29 is 13.6 Å². The first-order valence-corrected chi connectivity index (χ1v) is 9.56. The van der Waals surface area contributed by atoms with E-state index in [1.165, 1.54) is 12.1 Å². The van der Waals surface area contributed by atoms with Crippen LogP contribution in [0.5, 0.6) is 0 Å². The second-order valence-electron chi connectivity index (χ2n) is 7.44. The van der Waals surface area contributed by atoms with E-state index < -0.39 is 6.04 Å². The summed E-state index contributed by atoms with van der Waals surface area (Å²) in [5, 5.41) is 0.501. The molecule has 2 aromatic carbocycles. The van der Waals surface area contributed by atoms with Crippen molar-refractivity contribution in [3.05, 3.63) is 80.5 Å². The fourth-order valence-corrected chi connectivity index (χ4v) is 4.06. The van der Waals surface area contributed by atoms with Gasteiger partial charge >= 0.3 is 0 Å². The van der Waals surface area contributed by atoms with Crippen LogP contribution in [0.15, 0.2) is 45.6 Å². The van der Waals surface area contributed by atoms with E-state index in [1.807, 2.05) is 26.8 Å². The lowest BCUT2D eigenvalue weighted by molar-refractivity contribution is 0.0725. The minimum absolute atomic E-state index is 0.105. The van der Waals surface area contributed by atoms with Gasteiger partial charge < -0.3 is 9.32 Å². The summed E-state index contributed by atoms with van der Waals surface area (Å²) < 4.78 is 19.4. The molecule has 5 heteroatoms. The molecule has 0 radical (unpaired) electrons. The number of halogens is 1. The lowest BCUT2D eigenvalue weighted by Crippen LogP contribution is -2.30. The van der Waals surface area contributed by atoms with Crippen molar-refractivity contribution in [2.75, 3.05) is 6.54 Å². The largest absolute Gasteiger partial charge is 0.450 e. The SMILES string of the molecule is CCCCN1C(=O)c2oc3cc(C)cc(C)c3c(=O)c2C1c1ccc(F)cc1. The van der Waals surface area contributed by atoms with E-state index >= 15 is 0 Å². The maximum absolute atomic E-state index is 13.5. The molecule has 3 aromatic rings. The van der Waals surface area contributed by atoms with Gasteiger partial charge in [0, 0.05) is 6.54 Å². The van der Waals surface area contributed by atoms with Crippen LogP contribution in [0.25, 0.3) is 11.0 Å². The number of hydrogen-bond donors (Lipinski definition) is 0. The van der Waals surface area contributed by atoms with Crippen LogP contribution in [0.1, 0.15) is 58.6 Å². The summed E-state index contributed by atoms with van der Waals surface area (Å²) >= 11 is 0. The van der Waals surface area contributed by atoms with Crippen molar-refractivity contribution in [2.24, 2.45) is 0 Å². The molecule has 4 nitrogen and oxygen atoms in total. The topological polar surface area (TPSA) is 50.5 Å². The Balaban J connectivity index is 2.00. The Hall–Kier alpha value is -2.95. The van der Waals surface area contributed by atoms with Gasteiger partial charge in [0.1, 0.15) is 11.4 Å². The Kier molecular flexibility index (Phi) is 4.53. The standard InChI is InChI=1S/C23H22FNO3/c1-4-5-10-25-20(15-6-8-16(24)9-7-15)19-21(26)18-14(3)11-13(2)12-17(18)28-22(19)23(25)27/h6-9,11-12,20H,4-5,10H2,1-3H3. The van der Waals surface area contributed by atoms with Gasteiger partial charge in [-0.05, 0) is 55.2 Å². The van der Waals surface area contributed by atoms with E-state index in [9.17, 15) is 14.0 Å². The number of hydrogen-bond acceptors (Lipinski definition) is 3. The molecule has 0 spiro atoms. The number of unbranched alkanes of at least 4 members (excludes halogenated alkanes) is 1. The third-order valence-electron chi connectivity index (χ3n) is 5.35. The molecule has 0 aliphatic carbocycles. The van der Waals surface area contributed by atoms with Crippen LogP contribution in [0.4, 0.5) is 4.39 Å². The summed E-state index contributed by atoms with van der Waals surface area (Å²) in [6.45, 7) is 6.35. The molecule has 1 atom stereocenters. The zero-order chi connectivity index (χ0) is 20.0. The normalized spacial score (nSPS) is 16.1. The minimum atomic E-state index is -0.559. The van der Waals surface area contributed by atoms with E-state index in [-0.39, 0.29) is 22.9 Å². The van der Waals surface area contributed by atoms with Crippen molar-refractivity contribution >= 4 is 16.9 Å². The summed E-state index contributed by atoms with van der Waals surface area (Å²) in [4.78, 5) is 28.3. The maximum atomic E-state index is 13.5. The van der Waals surface area contributed by atoms with Gasteiger partial charge in [0.05, 0.1) is 17.0 Å². The maximum Gasteiger partial charge on any atom is 0.290 e. The number of nitrogens with zero attached hydrogens (tertiary/aromatic N) is 1. The molecule has 28 heavy (non-hydrogen) atoms.